The van der Waals surface area contributed by atoms with Crippen molar-refractivity contribution in [3.8, 4) is 0 Å². The molecule has 0 aromatic carbocycles. The predicted octanol–water partition coefficient (Wildman–Crippen LogP) is 1.26. The minimum Gasteiger partial charge on any atom is -0.333 e. The number of fused-ring (bicyclic) bond motifs is 1. The van der Waals surface area contributed by atoms with Gasteiger partial charge in [-0.3, -0.25) is 9.59 Å². The summed E-state index contributed by atoms with van der Waals surface area (Å²) < 4.78 is 0.670. The number of hydrogen-bond acceptors (Lipinski definition) is 3. The van der Waals surface area contributed by atoms with E-state index in [0.717, 1.165) is 12.8 Å². The summed E-state index contributed by atoms with van der Waals surface area (Å²) in [7, 11) is 0. The Balaban J connectivity index is 1.73. The van der Waals surface area contributed by atoms with Crippen molar-refractivity contribution >= 4 is 34.1 Å². The average molecular weight is 310 g/mol. The minimum atomic E-state index is -0.326. The van der Waals surface area contributed by atoms with E-state index < -0.39 is 0 Å². The smallest absolute Gasteiger partial charge is 0.248 e. The number of aromatic nitrogens is 1. The fourth-order valence-corrected chi connectivity index (χ4v) is 2.97. The van der Waals surface area contributed by atoms with Crippen molar-refractivity contribution in [2.45, 2.75) is 12.5 Å². The van der Waals surface area contributed by atoms with E-state index in [1.165, 1.54) is 0 Å². The Morgan fingerprint density at radius 2 is 2.39 bits per heavy atom. The molecule has 0 spiro atoms. The third-order valence-electron chi connectivity index (χ3n) is 3.56. The first-order valence-corrected chi connectivity index (χ1v) is 6.63. The molecule has 0 radical (unpaired) electrons. The summed E-state index contributed by atoms with van der Waals surface area (Å²) in [6.07, 6.45) is 1.82. The lowest BCUT2D eigenvalue weighted by molar-refractivity contribution is -0.128. The third kappa shape index (κ3) is 2.01. The quantitative estimate of drug-likeness (QED) is 0.675. The van der Waals surface area contributed by atoms with Crippen LogP contribution >= 0.6 is 15.9 Å². The molecule has 2 aliphatic rings. The molecule has 3 atom stereocenters. The first-order valence-electron chi connectivity index (χ1n) is 5.83. The zero-order chi connectivity index (χ0) is 12.7. The first-order chi connectivity index (χ1) is 8.69. The van der Waals surface area contributed by atoms with E-state index in [9.17, 15) is 9.59 Å². The van der Waals surface area contributed by atoms with Gasteiger partial charge in [0.15, 0.2) is 0 Å². The molecule has 1 saturated heterocycles. The van der Waals surface area contributed by atoms with E-state index in [1.807, 2.05) is 0 Å². The number of pyridine rings is 1. The van der Waals surface area contributed by atoms with Crippen LogP contribution in [0.2, 0.25) is 0 Å². The molecule has 1 aromatic heterocycles. The summed E-state index contributed by atoms with van der Waals surface area (Å²) in [5, 5.41) is 2.77. The molecule has 0 unspecified atom stereocenters. The second kappa shape index (κ2) is 4.35. The van der Waals surface area contributed by atoms with Gasteiger partial charge in [-0.25, -0.2) is 4.98 Å². The van der Waals surface area contributed by atoms with Crippen molar-refractivity contribution < 1.29 is 9.59 Å². The largest absolute Gasteiger partial charge is 0.333 e. The molecule has 1 saturated carbocycles. The van der Waals surface area contributed by atoms with Crippen LogP contribution in [0.25, 0.3) is 0 Å². The zero-order valence-corrected chi connectivity index (χ0v) is 11.1. The third-order valence-corrected chi connectivity index (χ3v) is 4.00. The number of halogens is 1. The number of nitrogens with zero attached hydrogens (tertiary/aromatic N) is 2. The van der Waals surface area contributed by atoms with Gasteiger partial charge in [0.05, 0.1) is 0 Å². The van der Waals surface area contributed by atoms with Gasteiger partial charge >= 0.3 is 0 Å². The minimum absolute atomic E-state index is 0.141. The fourth-order valence-electron chi connectivity index (χ4n) is 2.63. The first kappa shape index (κ1) is 11.6. The van der Waals surface area contributed by atoms with Crippen molar-refractivity contribution in [1.82, 2.24) is 9.88 Å². The number of rotatable bonds is 3. The summed E-state index contributed by atoms with van der Waals surface area (Å²) >= 11 is 3.25. The van der Waals surface area contributed by atoms with Crippen LogP contribution in [0.1, 0.15) is 6.42 Å². The van der Waals surface area contributed by atoms with Crippen LogP contribution in [0, 0.1) is 11.8 Å². The molecular formula is C12H12BrN3O2. The van der Waals surface area contributed by atoms with Crippen LogP contribution in [0.5, 0.6) is 0 Å². The second-order valence-electron chi connectivity index (χ2n) is 4.74. The van der Waals surface area contributed by atoms with Crippen LogP contribution in [0.4, 0.5) is 5.82 Å². The van der Waals surface area contributed by atoms with Gasteiger partial charge in [-0.05, 0) is 46.3 Å². The number of amides is 2. The average Bonchev–Trinajstić information content (AvgIpc) is 2.99. The maximum atomic E-state index is 12.2. The highest BCUT2D eigenvalue weighted by Crippen LogP contribution is 2.49. The molecule has 2 heterocycles. The molecule has 3 rings (SSSR count). The van der Waals surface area contributed by atoms with Crippen LogP contribution in [0.15, 0.2) is 22.8 Å². The Morgan fingerprint density at radius 1 is 1.56 bits per heavy atom. The normalized spacial score (nSPS) is 28.7. The van der Waals surface area contributed by atoms with Gasteiger partial charge in [0, 0.05) is 6.54 Å². The van der Waals surface area contributed by atoms with Gasteiger partial charge in [-0.1, -0.05) is 6.07 Å². The Hall–Kier alpha value is -1.43. The molecule has 1 aliphatic heterocycles. The molecule has 5 nitrogen and oxygen atoms in total. The van der Waals surface area contributed by atoms with Crippen LogP contribution in [0.3, 0.4) is 0 Å². The Kier molecular flexibility index (Phi) is 2.81. The topological polar surface area (TPSA) is 62.3 Å². The number of piperidine rings is 1. The number of likely N-dealkylation sites (tertiary alicyclic amines) is 1. The molecule has 2 amide bonds. The highest BCUT2D eigenvalue weighted by Gasteiger charge is 2.55. The van der Waals surface area contributed by atoms with Crippen molar-refractivity contribution in [2.24, 2.45) is 11.8 Å². The van der Waals surface area contributed by atoms with Crippen molar-refractivity contribution in [3.05, 3.63) is 22.8 Å². The van der Waals surface area contributed by atoms with Crippen molar-refractivity contribution in [2.75, 3.05) is 11.9 Å². The Bertz CT molecular complexity index is 508. The van der Waals surface area contributed by atoms with E-state index in [-0.39, 0.29) is 11.9 Å². The summed E-state index contributed by atoms with van der Waals surface area (Å²) in [5.41, 5.74) is 0. The van der Waals surface area contributed by atoms with Crippen molar-refractivity contribution in [3.63, 3.8) is 0 Å². The van der Waals surface area contributed by atoms with Crippen LogP contribution < -0.4 is 5.32 Å². The zero-order valence-electron chi connectivity index (χ0n) is 9.54. The number of nitrogens with one attached hydrogen (secondary N) is 1. The molecule has 1 aliphatic carbocycles. The summed E-state index contributed by atoms with van der Waals surface area (Å²) in [6, 6.07) is 5.00. The molecule has 6 heteroatoms. The lowest BCUT2D eigenvalue weighted by Crippen LogP contribution is -2.41. The molecule has 1 N–H and O–H groups in total. The van der Waals surface area contributed by atoms with Gasteiger partial charge in [0.2, 0.25) is 12.3 Å². The molecule has 94 valence electrons. The maximum absolute atomic E-state index is 12.2. The number of carbonyl (C=O) groups is 2. The van der Waals surface area contributed by atoms with E-state index >= 15 is 0 Å². The van der Waals surface area contributed by atoms with E-state index in [0.29, 0.717) is 28.8 Å². The highest BCUT2D eigenvalue weighted by molar-refractivity contribution is 9.10. The summed E-state index contributed by atoms with van der Waals surface area (Å²) in [6.45, 7) is 0.707. The molecule has 18 heavy (non-hydrogen) atoms. The SMILES string of the molecule is O=CN1C[C@H]2C[C@H]2[C@H]1C(=O)Nc1cccc(Br)n1. The molecule has 1 aromatic rings. The van der Waals surface area contributed by atoms with E-state index in [2.05, 4.69) is 26.2 Å². The van der Waals surface area contributed by atoms with Gasteiger partial charge in [0.25, 0.3) is 0 Å². The van der Waals surface area contributed by atoms with Gasteiger partial charge in [-0.2, -0.15) is 0 Å². The lowest BCUT2D eigenvalue weighted by atomic mass is 10.2. The highest BCUT2D eigenvalue weighted by atomic mass is 79.9. The standard InChI is InChI=1S/C12H12BrN3O2/c13-9-2-1-3-10(14-9)15-12(18)11-8-4-7(8)5-16(11)6-17/h1-3,6-8,11H,4-5H2,(H,14,15,18)/t7-,8-,11+/m1/s1. The predicted molar refractivity (Wildman–Crippen MR) is 68.7 cm³/mol. The van der Waals surface area contributed by atoms with E-state index in [1.54, 1.807) is 23.1 Å². The Morgan fingerprint density at radius 3 is 3.11 bits per heavy atom. The maximum Gasteiger partial charge on any atom is 0.248 e. The fraction of sp³-hybridized carbons (Fsp3) is 0.417. The lowest BCUT2D eigenvalue weighted by Gasteiger charge is -2.22. The van der Waals surface area contributed by atoms with Crippen LogP contribution in [-0.4, -0.2) is 34.8 Å². The number of carbonyl (C=O) groups excluding carboxylic acids is 2. The molecule has 0 bridgehead atoms. The Labute approximate surface area is 113 Å². The number of anilines is 1. The summed E-state index contributed by atoms with van der Waals surface area (Å²) in [4.78, 5) is 28.8. The van der Waals surface area contributed by atoms with Gasteiger partial charge < -0.3 is 10.2 Å². The monoisotopic (exact) mass is 309 g/mol. The van der Waals surface area contributed by atoms with Gasteiger partial charge in [0.1, 0.15) is 16.5 Å². The van der Waals surface area contributed by atoms with Crippen LogP contribution in [-0.2, 0) is 9.59 Å². The summed E-state index contributed by atoms with van der Waals surface area (Å²) in [5.74, 6) is 1.21. The molecular weight excluding hydrogens is 298 g/mol. The van der Waals surface area contributed by atoms with Gasteiger partial charge in [-0.15, -0.1) is 0 Å². The number of hydrogen-bond donors (Lipinski definition) is 1. The molecule has 2 fully saturated rings. The van der Waals surface area contributed by atoms with E-state index in [4.69, 9.17) is 0 Å². The second-order valence-corrected chi connectivity index (χ2v) is 5.55. The van der Waals surface area contributed by atoms with Crippen molar-refractivity contribution in [1.29, 1.82) is 0 Å².